The fourth-order valence-electron chi connectivity index (χ4n) is 11.9. The molecule has 0 saturated heterocycles. The Morgan fingerprint density at radius 2 is 1.21 bits per heavy atom. The molecule has 130 valence electrons. The van der Waals surface area contributed by atoms with Crippen LogP contribution in [0.25, 0.3) is 0 Å². The van der Waals surface area contributed by atoms with Crippen molar-refractivity contribution in [2.75, 3.05) is 0 Å². The van der Waals surface area contributed by atoms with Gasteiger partial charge in [-0.2, -0.15) is 0 Å². The van der Waals surface area contributed by atoms with Crippen molar-refractivity contribution in [3.8, 4) is 0 Å². The summed E-state index contributed by atoms with van der Waals surface area (Å²) in [6.45, 7) is 0. The quantitative estimate of drug-likeness (QED) is 0.438. The van der Waals surface area contributed by atoms with E-state index in [1.165, 1.54) is 12.8 Å². The van der Waals surface area contributed by atoms with Crippen LogP contribution in [-0.2, 0) is 0 Å². The normalized spacial score (nSPS) is 62.7. The summed E-state index contributed by atoms with van der Waals surface area (Å²) in [6, 6.07) is 0. The number of hydrogen-bond donors (Lipinski definition) is 0. The Hall–Kier alpha value is -0.260. The van der Waals surface area contributed by atoms with Gasteiger partial charge >= 0.3 is 0 Å². The third kappa shape index (κ3) is 0.959. The van der Waals surface area contributed by atoms with Gasteiger partial charge < -0.3 is 0 Å². The summed E-state index contributed by atoms with van der Waals surface area (Å²) in [5, 5.41) is 0. The lowest BCUT2D eigenvalue weighted by Gasteiger charge is -2.74. The molecule has 0 aromatic carbocycles. The van der Waals surface area contributed by atoms with Gasteiger partial charge in [-0.15, -0.1) is 0 Å². The van der Waals surface area contributed by atoms with Crippen LogP contribution in [0.3, 0.4) is 0 Å². The third-order valence-electron chi connectivity index (χ3n) is 11.4. The maximum absolute atomic E-state index is 2.85. The lowest BCUT2D eigenvalue weighted by atomic mass is 9.30. The molecule has 2 spiro atoms. The molecule has 2 unspecified atom stereocenters. The van der Waals surface area contributed by atoms with E-state index in [0.29, 0.717) is 0 Å². The number of fused-ring (bicyclic) bond motifs is 1. The molecule has 2 bridgehead atoms. The Morgan fingerprint density at radius 3 is 1.92 bits per heavy atom. The van der Waals surface area contributed by atoms with E-state index in [0.717, 1.165) is 39.4 Å². The highest BCUT2D eigenvalue weighted by atomic mass is 15.0. The number of allylic oxidation sites excluding steroid dienone is 2. The van der Waals surface area contributed by atoms with Gasteiger partial charge in [0.2, 0.25) is 0 Å². The van der Waals surface area contributed by atoms with E-state index in [4.69, 9.17) is 0 Å². The van der Waals surface area contributed by atoms with Crippen molar-refractivity contribution in [2.24, 2.45) is 39.4 Å². The minimum atomic E-state index is 0.741. The first-order valence-electron chi connectivity index (χ1n) is 11.6. The van der Waals surface area contributed by atoms with Crippen molar-refractivity contribution < 1.29 is 0 Å². The summed E-state index contributed by atoms with van der Waals surface area (Å²) in [4.78, 5) is 0. The first kappa shape index (κ1) is 13.9. The van der Waals surface area contributed by atoms with Gasteiger partial charge in [-0.1, -0.05) is 50.2 Å². The molecule has 0 amide bonds. The van der Waals surface area contributed by atoms with Gasteiger partial charge in [0.25, 0.3) is 0 Å². The van der Waals surface area contributed by atoms with Crippen molar-refractivity contribution >= 4 is 0 Å². The van der Waals surface area contributed by atoms with Crippen molar-refractivity contribution in [1.82, 2.24) is 0 Å². The van der Waals surface area contributed by atoms with Crippen LogP contribution in [0.1, 0.15) is 96.3 Å². The van der Waals surface area contributed by atoms with Crippen LogP contribution in [0.4, 0.5) is 0 Å². The van der Waals surface area contributed by atoms with Gasteiger partial charge in [0.15, 0.2) is 0 Å². The van der Waals surface area contributed by atoms with Crippen LogP contribution in [0.15, 0.2) is 11.6 Å². The molecule has 7 saturated carbocycles. The molecule has 7 fully saturated rings. The average Bonchev–Trinajstić information content (AvgIpc) is 2.92. The van der Waals surface area contributed by atoms with Gasteiger partial charge in [-0.05, 0) is 86.4 Å². The SMILES string of the molecule is C1=C2[C@@]3(CCC1)[C@@H]1CCCC[C@@]21[C@]12CCCC[C@@]13C1CCCCC12. The van der Waals surface area contributed by atoms with Crippen molar-refractivity contribution in [1.29, 1.82) is 0 Å². The second-order valence-electron chi connectivity index (χ2n) is 10.9. The van der Waals surface area contributed by atoms with E-state index in [1.54, 1.807) is 83.5 Å². The Labute approximate surface area is 147 Å². The highest BCUT2D eigenvalue weighted by Gasteiger charge is 2.97. The molecule has 0 heteroatoms. The lowest BCUT2D eigenvalue weighted by Crippen LogP contribution is -2.68. The third-order valence-corrected chi connectivity index (χ3v) is 11.4. The van der Waals surface area contributed by atoms with E-state index in [2.05, 4.69) is 11.6 Å². The van der Waals surface area contributed by atoms with E-state index in [1.807, 2.05) is 0 Å². The molecule has 8 aliphatic carbocycles. The summed E-state index contributed by atoms with van der Waals surface area (Å²) >= 11 is 0. The zero-order valence-corrected chi connectivity index (χ0v) is 15.4. The van der Waals surface area contributed by atoms with E-state index < -0.39 is 0 Å². The Balaban J connectivity index is 1.55. The molecule has 8 aliphatic rings. The molecular formula is C24H34. The van der Waals surface area contributed by atoms with Gasteiger partial charge in [0.05, 0.1) is 0 Å². The van der Waals surface area contributed by atoms with Gasteiger partial charge in [-0.25, -0.2) is 0 Å². The van der Waals surface area contributed by atoms with Crippen molar-refractivity contribution in [2.45, 2.75) is 96.3 Å². The zero-order chi connectivity index (χ0) is 15.6. The minimum absolute atomic E-state index is 0.741. The molecular weight excluding hydrogens is 288 g/mol. The first-order chi connectivity index (χ1) is 11.9. The second-order valence-corrected chi connectivity index (χ2v) is 10.9. The van der Waals surface area contributed by atoms with Crippen LogP contribution >= 0.6 is 0 Å². The Bertz CT molecular complexity index is 624. The molecule has 24 heavy (non-hydrogen) atoms. The summed E-state index contributed by atoms with van der Waals surface area (Å²) in [6.07, 6.45) is 26.5. The van der Waals surface area contributed by atoms with Crippen molar-refractivity contribution in [3.05, 3.63) is 11.6 Å². The number of rotatable bonds is 0. The fraction of sp³-hybridized carbons (Fsp3) is 0.917. The van der Waals surface area contributed by atoms with Crippen LogP contribution < -0.4 is 0 Å². The predicted molar refractivity (Wildman–Crippen MR) is 97.5 cm³/mol. The molecule has 8 rings (SSSR count). The predicted octanol–water partition coefficient (Wildman–Crippen LogP) is 6.65. The lowest BCUT2D eigenvalue weighted by molar-refractivity contribution is -0.263. The largest absolute Gasteiger partial charge is 0.0841 e. The van der Waals surface area contributed by atoms with E-state index in [-0.39, 0.29) is 0 Å². The molecule has 0 aromatic rings. The van der Waals surface area contributed by atoms with Crippen LogP contribution in [0, 0.1) is 39.4 Å². The van der Waals surface area contributed by atoms with E-state index >= 15 is 0 Å². The molecule has 0 aromatic heterocycles. The van der Waals surface area contributed by atoms with Crippen LogP contribution in [0.5, 0.6) is 0 Å². The topological polar surface area (TPSA) is 0 Å². The smallest absolute Gasteiger partial charge is 0.00196 e. The second kappa shape index (κ2) is 4.01. The molecule has 0 heterocycles. The molecule has 0 nitrogen and oxygen atoms in total. The summed E-state index contributed by atoms with van der Waals surface area (Å²) in [7, 11) is 0. The molecule has 0 N–H and O–H groups in total. The maximum Gasteiger partial charge on any atom is 0.00196 e. The van der Waals surface area contributed by atoms with Gasteiger partial charge in [0.1, 0.15) is 0 Å². The van der Waals surface area contributed by atoms with Crippen LogP contribution in [0.2, 0.25) is 0 Å². The molecule has 0 radical (unpaired) electrons. The average molecular weight is 323 g/mol. The Kier molecular flexibility index (Phi) is 2.32. The molecule has 0 aliphatic heterocycles. The van der Waals surface area contributed by atoms with Crippen LogP contribution in [-0.4, -0.2) is 0 Å². The minimum Gasteiger partial charge on any atom is -0.0841 e. The highest BCUT2D eigenvalue weighted by Crippen LogP contribution is 3.02. The molecule has 7 atom stereocenters. The fourth-order valence-corrected chi connectivity index (χ4v) is 11.9. The summed E-state index contributed by atoms with van der Waals surface area (Å²) < 4.78 is 0. The number of hydrogen-bond acceptors (Lipinski definition) is 0. The van der Waals surface area contributed by atoms with Crippen molar-refractivity contribution in [3.63, 3.8) is 0 Å². The van der Waals surface area contributed by atoms with Gasteiger partial charge in [-0.3, -0.25) is 0 Å². The monoisotopic (exact) mass is 322 g/mol. The maximum atomic E-state index is 2.85. The van der Waals surface area contributed by atoms with E-state index in [9.17, 15) is 0 Å². The highest BCUT2D eigenvalue weighted by molar-refractivity contribution is 5.57. The first-order valence-corrected chi connectivity index (χ1v) is 11.6. The summed E-state index contributed by atoms with van der Waals surface area (Å²) in [5.74, 6) is 3.44. The Morgan fingerprint density at radius 1 is 0.625 bits per heavy atom. The summed E-state index contributed by atoms with van der Waals surface area (Å²) in [5.41, 5.74) is 5.21. The standard InChI is InChI=1S/C24H34/c1-2-10-18-17(9-1)23-15-7-8-16-24(18,23)22-14-6-4-12-20(22)21(23)13-5-3-11-19(21)22/h11,17-18,20H,1-10,12-16H2/t17?,18?,20-,21-,22+,23-,24+/m0/s1. The van der Waals surface area contributed by atoms with Gasteiger partial charge in [0, 0.05) is 10.8 Å². The zero-order valence-electron chi connectivity index (χ0n) is 15.4.